The fourth-order valence-electron chi connectivity index (χ4n) is 2.29. The van der Waals surface area contributed by atoms with Crippen molar-refractivity contribution < 1.29 is 13.9 Å². The molecule has 3 N–H and O–H groups in total. The first-order valence-corrected chi connectivity index (χ1v) is 6.38. The number of ether oxygens (including phenoxy) is 2. The van der Waals surface area contributed by atoms with Gasteiger partial charge in [0.2, 0.25) is 0 Å². The molecule has 2 atom stereocenters. The first kappa shape index (κ1) is 12.9. The highest BCUT2D eigenvalue weighted by Crippen LogP contribution is 2.34. The van der Waals surface area contributed by atoms with E-state index in [9.17, 15) is 4.39 Å². The third kappa shape index (κ3) is 2.45. The van der Waals surface area contributed by atoms with Crippen LogP contribution in [0.25, 0.3) is 0 Å². The molecule has 3 rings (SSSR count). The number of hydrazine groups is 1. The standard InChI is InChI=1S/C15H15FN2O2/c16-11-7-5-10(6-8-11)15(18-17)14-9-19-12-3-1-2-4-13(12)20-14/h1-8,14-15,18H,9,17H2. The minimum Gasteiger partial charge on any atom is -0.486 e. The van der Waals surface area contributed by atoms with Crippen molar-refractivity contribution in [1.82, 2.24) is 5.43 Å². The fourth-order valence-corrected chi connectivity index (χ4v) is 2.29. The zero-order valence-corrected chi connectivity index (χ0v) is 10.8. The molecule has 1 aliphatic heterocycles. The lowest BCUT2D eigenvalue weighted by molar-refractivity contribution is 0.0617. The largest absolute Gasteiger partial charge is 0.486 e. The lowest BCUT2D eigenvalue weighted by Gasteiger charge is -2.32. The third-order valence-corrected chi connectivity index (χ3v) is 3.31. The van der Waals surface area contributed by atoms with Crippen LogP contribution in [0, 0.1) is 5.82 Å². The van der Waals surface area contributed by atoms with Crippen LogP contribution < -0.4 is 20.7 Å². The molecule has 0 saturated carbocycles. The Morgan fingerprint density at radius 2 is 1.80 bits per heavy atom. The van der Waals surface area contributed by atoms with Gasteiger partial charge in [-0.25, -0.2) is 9.82 Å². The Kier molecular flexibility index (Phi) is 3.54. The smallest absolute Gasteiger partial charge is 0.161 e. The number of rotatable bonds is 3. The Balaban J connectivity index is 1.83. The van der Waals surface area contributed by atoms with Gasteiger partial charge in [-0.3, -0.25) is 5.84 Å². The van der Waals surface area contributed by atoms with Crippen LogP contribution in [0.3, 0.4) is 0 Å². The zero-order chi connectivity index (χ0) is 13.9. The molecule has 1 heterocycles. The van der Waals surface area contributed by atoms with Gasteiger partial charge >= 0.3 is 0 Å². The molecule has 0 saturated heterocycles. The van der Waals surface area contributed by atoms with Crippen LogP contribution in [-0.4, -0.2) is 12.7 Å². The van der Waals surface area contributed by atoms with Gasteiger partial charge in [-0.05, 0) is 29.8 Å². The minimum atomic E-state index is -0.282. The van der Waals surface area contributed by atoms with E-state index in [1.807, 2.05) is 24.3 Å². The van der Waals surface area contributed by atoms with Gasteiger partial charge in [0.25, 0.3) is 0 Å². The highest BCUT2D eigenvalue weighted by Gasteiger charge is 2.29. The van der Waals surface area contributed by atoms with E-state index in [0.717, 1.165) is 11.3 Å². The van der Waals surface area contributed by atoms with Crippen molar-refractivity contribution in [2.45, 2.75) is 12.1 Å². The van der Waals surface area contributed by atoms with Crippen LogP contribution in [0.4, 0.5) is 4.39 Å². The number of nitrogens with two attached hydrogens (primary N) is 1. The summed E-state index contributed by atoms with van der Waals surface area (Å²) in [5.41, 5.74) is 3.56. The van der Waals surface area contributed by atoms with Gasteiger partial charge < -0.3 is 9.47 Å². The Morgan fingerprint density at radius 3 is 2.50 bits per heavy atom. The Bertz CT molecular complexity index is 589. The average molecular weight is 274 g/mol. The van der Waals surface area contributed by atoms with Crippen LogP contribution >= 0.6 is 0 Å². The molecule has 0 bridgehead atoms. The van der Waals surface area contributed by atoms with Crippen molar-refractivity contribution in [2.24, 2.45) is 5.84 Å². The maximum atomic E-state index is 13.0. The quantitative estimate of drug-likeness (QED) is 0.665. The Labute approximate surface area is 116 Å². The zero-order valence-electron chi connectivity index (χ0n) is 10.8. The van der Waals surface area contributed by atoms with Gasteiger partial charge in [0.1, 0.15) is 12.4 Å². The Hall–Kier alpha value is -2.11. The van der Waals surface area contributed by atoms with Crippen LogP contribution in [0.15, 0.2) is 48.5 Å². The van der Waals surface area contributed by atoms with E-state index < -0.39 is 0 Å². The molecule has 1 aliphatic rings. The molecule has 0 aromatic heterocycles. The summed E-state index contributed by atoms with van der Waals surface area (Å²) in [6.07, 6.45) is -0.277. The highest BCUT2D eigenvalue weighted by atomic mass is 19.1. The highest BCUT2D eigenvalue weighted by molar-refractivity contribution is 5.41. The van der Waals surface area contributed by atoms with E-state index in [0.29, 0.717) is 12.4 Å². The predicted molar refractivity (Wildman–Crippen MR) is 72.8 cm³/mol. The first-order chi connectivity index (χ1) is 9.78. The number of nitrogens with one attached hydrogen (secondary N) is 1. The van der Waals surface area contributed by atoms with E-state index in [-0.39, 0.29) is 18.0 Å². The van der Waals surface area contributed by atoms with Gasteiger partial charge in [0.15, 0.2) is 17.6 Å². The van der Waals surface area contributed by atoms with Crippen molar-refractivity contribution in [1.29, 1.82) is 0 Å². The maximum absolute atomic E-state index is 13.0. The summed E-state index contributed by atoms with van der Waals surface area (Å²) in [6, 6.07) is 13.4. The molecule has 0 spiro atoms. The monoisotopic (exact) mass is 274 g/mol. The molecule has 4 nitrogen and oxygen atoms in total. The molecule has 2 aromatic rings. The first-order valence-electron chi connectivity index (χ1n) is 6.38. The maximum Gasteiger partial charge on any atom is 0.161 e. The van der Waals surface area contributed by atoms with Crippen LogP contribution in [-0.2, 0) is 0 Å². The van der Waals surface area contributed by atoms with Crippen LogP contribution in [0.1, 0.15) is 11.6 Å². The molecular formula is C15H15FN2O2. The van der Waals surface area contributed by atoms with Crippen molar-refractivity contribution in [3.63, 3.8) is 0 Å². The summed E-state index contributed by atoms with van der Waals surface area (Å²) in [5.74, 6) is 6.74. The van der Waals surface area contributed by atoms with Crippen molar-refractivity contribution in [3.05, 3.63) is 59.9 Å². The SMILES string of the molecule is NNC(c1ccc(F)cc1)C1COc2ccccc2O1. The van der Waals surface area contributed by atoms with Crippen molar-refractivity contribution in [2.75, 3.05) is 6.61 Å². The van der Waals surface area contributed by atoms with Crippen LogP contribution in [0.5, 0.6) is 11.5 Å². The summed E-state index contributed by atoms with van der Waals surface area (Å²) >= 11 is 0. The predicted octanol–water partition coefficient (Wildman–Crippen LogP) is 2.17. The molecule has 0 radical (unpaired) electrons. The normalized spacial score (nSPS) is 18.6. The second kappa shape index (κ2) is 5.48. The molecule has 20 heavy (non-hydrogen) atoms. The number of para-hydroxylation sites is 2. The number of halogens is 1. The fraction of sp³-hybridized carbons (Fsp3) is 0.200. The van der Waals surface area contributed by atoms with Gasteiger partial charge in [-0.15, -0.1) is 0 Å². The topological polar surface area (TPSA) is 56.5 Å². The lowest BCUT2D eigenvalue weighted by Crippen LogP contribution is -2.44. The number of hydrogen-bond acceptors (Lipinski definition) is 4. The average Bonchev–Trinajstić information content (AvgIpc) is 2.50. The van der Waals surface area contributed by atoms with E-state index >= 15 is 0 Å². The molecule has 5 heteroatoms. The molecule has 0 amide bonds. The third-order valence-electron chi connectivity index (χ3n) is 3.31. The number of hydrogen-bond donors (Lipinski definition) is 2. The minimum absolute atomic E-state index is 0.274. The molecule has 2 aromatic carbocycles. The molecule has 2 unspecified atom stereocenters. The summed E-state index contributed by atoms with van der Waals surface area (Å²) < 4.78 is 24.6. The Morgan fingerprint density at radius 1 is 1.10 bits per heavy atom. The molecule has 104 valence electrons. The molecule has 0 fully saturated rings. The van der Waals surface area contributed by atoms with E-state index in [4.69, 9.17) is 15.3 Å². The number of benzene rings is 2. The van der Waals surface area contributed by atoms with E-state index in [1.54, 1.807) is 12.1 Å². The summed E-state index contributed by atoms with van der Waals surface area (Å²) in [7, 11) is 0. The number of fused-ring (bicyclic) bond motifs is 1. The second-order valence-electron chi connectivity index (χ2n) is 4.61. The van der Waals surface area contributed by atoms with Crippen molar-refractivity contribution >= 4 is 0 Å². The van der Waals surface area contributed by atoms with Gasteiger partial charge in [-0.1, -0.05) is 24.3 Å². The van der Waals surface area contributed by atoms with Gasteiger partial charge in [0, 0.05) is 0 Å². The van der Waals surface area contributed by atoms with E-state index in [2.05, 4.69) is 5.43 Å². The second-order valence-corrected chi connectivity index (χ2v) is 4.61. The summed E-state index contributed by atoms with van der Waals surface area (Å²) in [5, 5.41) is 0. The lowest BCUT2D eigenvalue weighted by atomic mass is 10.0. The van der Waals surface area contributed by atoms with Gasteiger partial charge in [-0.2, -0.15) is 0 Å². The van der Waals surface area contributed by atoms with Crippen LogP contribution in [0.2, 0.25) is 0 Å². The molecule has 0 aliphatic carbocycles. The molecular weight excluding hydrogens is 259 g/mol. The van der Waals surface area contributed by atoms with Gasteiger partial charge in [0.05, 0.1) is 6.04 Å². The summed E-state index contributed by atoms with van der Waals surface area (Å²) in [4.78, 5) is 0. The van der Waals surface area contributed by atoms with Crippen molar-refractivity contribution in [3.8, 4) is 11.5 Å². The summed E-state index contributed by atoms with van der Waals surface area (Å²) in [6.45, 7) is 0.378. The van der Waals surface area contributed by atoms with E-state index in [1.165, 1.54) is 12.1 Å².